The first-order valence-electron chi connectivity index (χ1n) is 7.97. The first-order valence-corrected chi connectivity index (χ1v) is 8.35. The Morgan fingerprint density at radius 1 is 1.04 bits per heavy atom. The fourth-order valence-electron chi connectivity index (χ4n) is 2.29. The number of halogens is 2. The number of hydrogen-bond donors (Lipinski definition) is 2. The summed E-state index contributed by atoms with van der Waals surface area (Å²) in [5, 5.41) is 6.53. The maximum atomic E-state index is 12.9. The Kier molecular flexibility index (Phi) is 5.76. The molecule has 0 atom stereocenters. The molecule has 0 saturated heterocycles. The van der Waals surface area contributed by atoms with Gasteiger partial charge in [-0.1, -0.05) is 23.7 Å². The van der Waals surface area contributed by atoms with Crippen molar-refractivity contribution >= 4 is 29.0 Å². The van der Waals surface area contributed by atoms with Gasteiger partial charge < -0.3 is 10.6 Å². The van der Waals surface area contributed by atoms with E-state index in [-0.39, 0.29) is 17.4 Å². The van der Waals surface area contributed by atoms with Gasteiger partial charge in [0.15, 0.2) is 0 Å². The highest BCUT2D eigenvalue weighted by Gasteiger charge is 2.09. The molecule has 1 heterocycles. The maximum Gasteiger partial charge on any atom is 0.274 e. The van der Waals surface area contributed by atoms with Crippen molar-refractivity contribution < 1.29 is 9.18 Å². The summed E-state index contributed by atoms with van der Waals surface area (Å²) < 4.78 is 12.9. The lowest BCUT2D eigenvalue weighted by atomic mass is 10.1. The lowest BCUT2D eigenvalue weighted by Crippen LogP contribution is -2.15. The Labute approximate surface area is 155 Å². The molecule has 5 nitrogen and oxygen atoms in total. The SMILES string of the molecule is O=C(Nc1ccc(F)cc1)c1cc(NCCc2ccc(Cl)cc2)ncn1. The molecule has 3 aromatic rings. The summed E-state index contributed by atoms with van der Waals surface area (Å²) in [6.07, 6.45) is 2.11. The zero-order valence-corrected chi connectivity index (χ0v) is 14.5. The van der Waals surface area contributed by atoms with Gasteiger partial charge in [0, 0.05) is 23.3 Å². The van der Waals surface area contributed by atoms with Gasteiger partial charge in [-0.05, 0) is 48.4 Å². The minimum atomic E-state index is -0.389. The topological polar surface area (TPSA) is 66.9 Å². The second-order valence-electron chi connectivity index (χ2n) is 5.55. The summed E-state index contributed by atoms with van der Waals surface area (Å²) in [4.78, 5) is 20.3. The van der Waals surface area contributed by atoms with E-state index < -0.39 is 0 Å². The average Bonchev–Trinajstić information content (AvgIpc) is 2.65. The number of benzene rings is 2. The van der Waals surface area contributed by atoms with Crippen molar-refractivity contribution in [3.8, 4) is 0 Å². The monoisotopic (exact) mass is 370 g/mol. The number of nitrogens with zero attached hydrogens (tertiary/aromatic N) is 2. The normalized spacial score (nSPS) is 10.4. The standard InChI is InChI=1S/C19H16ClFN4O/c20-14-3-1-13(2-4-14)9-10-22-18-11-17(23-12-24-18)19(26)25-16-7-5-15(21)6-8-16/h1-8,11-12H,9-10H2,(H,25,26)(H,22,23,24). The van der Waals surface area contributed by atoms with E-state index in [9.17, 15) is 9.18 Å². The van der Waals surface area contributed by atoms with Crippen LogP contribution in [0.25, 0.3) is 0 Å². The summed E-state index contributed by atoms with van der Waals surface area (Å²) >= 11 is 5.87. The lowest BCUT2D eigenvalue weighted by Gasteiger charge is -2.08. The third-order valence-electron chi connectivity index (χ3n) is 3.63. The summed E-state index contributed by atoms with van der Waals surface area (Å²) in [5.74, 6) is -0.199. The molecule has 2 N–H and O–H groups in total. The highest BCUT2D eigenvalue weighted by Crippen LogP contribution is 2.12. The van der Waals surface area contributed by atoms with Crippen LogP contribution in [0.15, 0.2) is 60.9 Å². The fraction of sp³-hybridized carbons (Fsp3) is 0.105. The minimum Gasteiger partial charge on any atom is -0.370 e. The van der Waals surface area contributed by atoms with Gasteiger partial charge >= 0.3 is 0 Å². The molecule has 132 valence electrons. The minimum absolute atomic E-state index is 0.221. The first kappa shape index (κ1) is 17.8. The number of anilines is 2. The molecule has 7 heteroatoms. The quantitative estimate of drug-likeness (QED) is 0.683. The third kappa shape index (κ3) is 5.00. The van der Waals surface area contributed by atoms with Gasteiger partial charge in [0.25, 0.3) is 5.91 Å². The summed E-state index contributed by atoms with van der Waals surface area (Å²) in [7, 11) is 0. The van der Waals surface area contributed by atoms with Crippen molar-refractivity contribution in [1.29, 1.82) is 0 Å². The molecular formula is C19H16ClFN4O. The number of carbonyl (C=O) groups is 1. The molecule has 1 amide bonds. The van der Waals surface area contributed by atoms with E-state index in [4.69, 9.17) is 11.6 Å². The number of nitrogens with one attached hydrogen (secondary N) is 2. The maximum absolute atomic E-state index is 12.9. The Morgan fingerprint density at radius 3 is 2.50 bits per heavy atom. The van der Waals surface area contributed by atoms with E-state index in [2.05, 4.69) is 20.6 Å². The van der Waals surface area contributed by atoms with Crippen LogP contribution in [0.4, 0.5) is 15.9 Å². The van der Waals surface area contributed by atoms with Gasteiger partial charge in [-0.25, -0.2) is 14.4 Å². The van der Waals surface area contributed by atoms with E-state index in [0.717, 1.165) is 12.0 Å². The molecule has 0 spiro atoms. The van der Waals surface area contributed by atoms with E-state index in [1.54, 1.807) is 6.07 Å². The van der Waals surface area contributed by atoms with Gasteiger partial charge in [0.05, 0.1) is 0 Å². The number of carbonyl (C=O) groups excluding carboxylic acids is 1. The van der Waals surface area contributed by atoms with Gasteiger partial charge in [-0.2, -0.15) is 0 Å². The second-order valence-corrected chi connectivity index (χ2v) is 5.99. The van der Waals surface area contributed by atoms with Crippen LogP contribution in [-0.4, -0.2) is 22.4 Å². The molecule has 0 aliphatic carbocycles. The zero-order chi connectivity index (χ0) is 18.4. The van der Waals surface area contributed by atoms with E-state index in [0.29, 0.717) is 23.1 Å². The molecule has 0 fully saturated rings. The van der Waals surface area contributed by atoms with Crippen LogP contribution in [0.5, 0.6) is 0 Å². The molecule has 3 rings (SSSR count). The second kappa shape index (κ2) is 8.40. The van der Waals surface area contributed by atoms with E-state index >= 15 is 0 Å². The van der Waals surface area contributed by atoms with Gasteiger partial charge in [0.1, 0.15) is 23.7 Å². The fourth-order valence-corrected chi connectivity index (χ4v) is 2.42. The van der Waals surface area contributed by atoms with Crippen LogP contribution >= 0.6 is 11.6 Å². The number of aromatic nitrogens is 2. The lowest BCUT2D eigenvalue weighted by molar-refractivity contribution is 0.102. The first-order chi connectivity index (χ1) is 12.6. The number of rotatable bonds is 6. The molecule has 1 aromatic heterocycles. The van der Waals surface area contributed by atoms with Crippen LogP contribution in [0, 0.1) is 5.82 Å². The summed E-state index contributed by atoms with van der Waals surface area (Å²) in [6.45, 7) is 0.650. The van der Waals surface area contributed by atoms with Crippen molar-refractivity contribution in [2.45, 2.75) is 6.42 Å². The molecule has 0 saturated carbocycles. The number of hydrogen-bond acceptors (Lipinski definition) is 4. The van der Waals surface area contributed by atoms with Crippen molar-refractivity contribution in [2.24, 2.45) is 0 Å². The van der Waals surface area contributed by atoms with Crippen molar-refractivity contribution in [3.63, 3.8) is 0 Å². The smallest absolute Gasteiger partial charge is 0.274 e. The Morgan fingerprint density at radius 2 is 1.77 bits per heavy atom. The van der Waals surface area contributed by atoms with Gasteiger partial charge in [-0.15, -0.1) is 0 Å². The predicted molar refractivity (Wildman–Crippen MR) is 100 cm³/mol. The van der Waals surface area contributed by atoms with Crippen molar-refractivity contribution in [3.05, 3.63) is 83.0 Å². The van der Waals surface area contributed by atoms with Crippen LogP contribution in [0.1, 0.15) is 16.1 Å². The van der Waals surface area contributed by atoms with Gasteiger partial charge in [0.2, 0.25) is 0 Å². The molecule has 26 heavy (non-hydrogen) atoms. The zero-order valence-electron chi connectivity index (χ0n) is 13.7. The summed E-state index contributed by atoms with van der Waals surface area (Å²) in [5.41, 5.74) is 1.86. The Hall–Kier alpha value is -2.99. The van der Waals surface area contributed by atoms with Crippen LogP contribution in [0.2, 0.25) is 5.02 Å². The van der Waals surface area contributed by atoms with Crippen LogP contribution in [-0.2, 0) is 6.42 Å². The molecule has 2 aromatic carbocycles. The molecule has 0 unspecified atom stereocenters. The highest BCUT2D eigenvalue weighted by atomic mass is 35.5. The number of amides is 1. The largest absolute Gasteiger partial charge is 0.370 e. The molecule has 0 bridgehead atoms. The van der Waals surface area contributed by atoms with Crippen LogP contribution < -0.4 is 10.6 Å². The molecule has 0 radical (unpaired) electrons. The predicted octanol–water partition coefficient (Wildman–Crippen LogP) is 4.18. The average molecular weight is 371 g/mol. The van der Waals surface area contributed by atoms with Crippen LogP contribution in [0.3, 0.4) is 0 Å². The van der Waals surface area contributed by atoms with E-state index in [1.807, 2.05) is 24.3 Å². The van der Waals surface area contributed by atoms with E-state index in [1.165, 1.54) is 30.6 Å². The van der Waals surface area contributed by atoms with Gasteiger partial charge in [-0.3, -0.25) is 4.79 Å². The Balaban J connectivity index is 1.57. The highest BCUT2D eigenvalue weighted by molar-refractivity contribution is 6.30. The van der Waals surface area contributed by atoms with Crippen molar-refractivity contribution in [1.82, 2.24) is 9.97 Å². The Bertz CT molecular complexity index is 885. The summed E-state index contributed by atoms with van der Waals surface area (Å²) in [6, 6.07) is 14.7. The molecule has 0 aliphatic rings. The molecule has 0 aliphatic heterocycles. The third-order valence-corrected chi connectivity index (χ3v) is 3.89. The molecular weight excluding hydrogens is 355 g/mol. The van der Waals surface area contributed by atoms with Crippen molar-refractivity contribution in [2.75, 3.05) is 17.2 Å².